The van der Waals surface area contributed by atoms with E-state index in [0.717, 1.165) is 15.6 Å². The molecule has 0 radical (unpaired) electrons. The summed E-state index contributed by atoms with van der Waals surface area (Å²) in [6.07, 6.45) is 1.79. The Labute approximate surface area is 214 Å². The van der Waals surface area contributed by atoms with Crippen molar-refractivity contribution < 1.29 is 32.6 Å². The van der Waals surface area contributed by atoms with Crippen molar-refractivity contribution in [1.82, 2.24) is 14.8 Å². The number of benzene rings is 1. The van der Waals surface area contributed by atoms with Crippen LogP contribution in [0, 0.1) is 0 Å². The van der Waals surface area contributed by atoms with Gasteiger partial charge in [-0.1, -0.05) is 11.3 Å². The fourth-order valence-electron chi connectivity index (χ4n) is 4.31. The highest BCUT2D eigenvalue weighted by atomic mass is 35.5. The zero-order chi connectivity index (χ0) is 24.3. The van der Waals surface area contributed by atoms with Gasteiger partial charge in [-0.15, -0.1) is 12.4 Å². The van der Waals surface area contributed by atoms with E-state index in [4.69, 9.17) is 14.2 Å². The lowest BCUT2D eigenvalue weighted by molar-refractivity contribution is -0.134. The smallest absolute Gasteiger partial charge is 0.266 e. The van der Waals surface area contributed by atoms with Gasteiger partial charge in [-0.25, -0.2) is 18.9 Å². The Balaban J connectivity index is 0.00000342. The van der Waals surface area contributed by atoms with Gasteiger partial charge in [-0.3, -0.25) is 10.0 Å². The Morgan fingerprint density at radius 2 is 1.80 bits per heavy atom. The van der Waals surface area contributed by atoms with Crippen molar-refractivity contribution in [2.75, 3.05) is 58.5 Å². The number of sulfonamides is 1. The van der Waals surface area contributed by atoms with E-state index in [1.807, 2.05) is 23.1 Å². The van der Waals surface area contributed by atoms with Crippen LogP contribution in [-0.4, -0.2) is 87.2 Å². The molecule has 2 aliphatic heterocycles. The van der Waals surface area contributed by atoms with E-state index in [1.54, 1.807) is 25.9 Å². The van der Waals surface area contributed by atoms with Crippen molar-refractivity contribution in [2.45, 2.75) is 17.6 Å². The maximum atomic E-state index is 13.5. The summed E-state index contributed by atoms with van der Waals surface area (Å²) in [5.74, 6) is 0.367. The quantitative estimate of drug-likeness (QED) is 0.392. The molecule has 1 aromatic carbocycles. The average Bonchev–Trinajstić information content (AvgIpc) is 3.38. The van der Waals surface area contributed by atoms with Gasteiger partial charge in [-0.2, -0.15) is 4.31 Å². The fraction of sp³-hybridized carbons (Fsp3) is 0.524. The second kappa shape index (κ2) is 11.3. The average molecular weight is 549 g/mol. The van der Waals surface area contributed by atoms with Crippen LogP contribution in [0.3, 0.4) is 0 Å². The Hall–Kier alpha value is -2.16. The van der Waals surface area contributed by atoms with Crippen molar-refractivity contribution in [3.05, 3.63) is 24.4 Å². The van der Waals surface area contributed by atoms with Gasteiger partial charge in [0.15, 0.2) is 21.4 Å². The monoisotopic (exact) mass is 548 g/mol. The number of halogens is 1. The zero-order valence-electron chi connectivity index (χ0n) is 19.4. The lowest BCUT2D eigenvalue weighted by atomic mass is 9.98. The number of anilines is 1. The van der Waals surface area contributed by atoms with Gasteiger partial charge in [0, 0.05) is 58.4 Å². The van der Waals surface area contributed by atoms with Gasteiger partial charge in [0.1, 0.15) is 0 Å². The summed E-state index contributed by atoms with van der Waals surface area (Å²) >= 11 is 1.51. The number of hydrogen-bond acceptors (Lipinski definition) is 10. The van der Waals surface area contributed by atoms with Crippen molar-refractivity contribution in [1.29, 1.82) is 0 Å². The summed E-state index contributed by atoms with van der Waals surface area (Å²) in [5, 5.41) is 10.00. The molecule has 0 aliphatic carbocycles. The van der Waals surface area contributed by atoms with Crippen LogP contribution in [0.2, 0.25) is 0 Å². The highest BCUT2D eigenvalue weighted by molar-refractivity contribution is 7.91. The zero-order valence-corrected chi connectivity index (χ0v) is 21.9. The molecule has 2 aromatic rings. The molecular weight excluding hydrogens is 520 g/mol. The molecule has 35 heavy (non-hydrogen) atoms. The number of hydrogen-bond donors (Lipinski definition) is 2. The normalized spacial score (nSPS) is 18.4. The van der Waals surface area contributed by atoms with Crippen molar-refractivity contribution in [3.8, 4) is 21.9 Å². The molecule has 0 bridgehead atoms. The molecular formula is C21H29ClN4O7S2. The molecule has 0 saturated carbocycles. The van der Waals surface area contributed by atoms with Crippen molar-refractivity contribution in [3.63, 3.8) is 0 Å². The summed E-state index contributed by atoms with van der Waals surface area (Å²) < 4.78 is 42.5. The number of carbonyl (C=O) groups is 1. The van der Waals surface area contributed by atoms with Gasteiger partial charge in [0.05, 0.1) is 19.1 Å². The highest BCUT2D eigenvalue weighted by Crippen LogP contribution is 2.38. The summed E-state index contributed by atoms with van der Waals surface area (Å²) in [6.45, 7) is 1.59. The third-order valence-electron chi connectivity index (χ3n) is 6.32. The number of methoxy groups -OCH3 is 2. The van der Waals surface area contributed by atoms with Crippen LogP contribution >= 0.6 is 23.7 Å². The third-order valence-corrected chi connectivity index (χ3v) is 10.1. The second-order valence-electron chi connectivity index (χ2n) is 8.02. The Kier molecular flexibility index (Phi) is 8.83. The van der Waals surface area contributed by atoms with Gasteiger partial charge in [0.2, 0.25) is 10.0 Å². The summed E-state index contributed by atoms with van der Waals surface area (Å²) in [5.41, 5.74) is 2.50. The first-order valence-electron chi connectivity index (χ1n) is 10.8. The van der Waals surface area contributed by atoms with Crippen LogP contribution in [0.5, 0.6) is 11.5 Å². The number of carbonyl (C=O) groups excluding carboxylic acids is 1. The number of rotatable bonds is 7. The van der Waals surface area contributed by atoms with E-state index >= 15 is 0 Å². The molecule has 1 aromatic heterocycles. The maximum Gasteiger partial charge on any atom is 0.266 e. The SMILES string of the molecule is COc1ccc(-c2cnc(N3CCN(S(=O)(=O)C4(C(=O)NO)CCOCC4)CC3)s2)cc1OC.Cl. The number of thiazole rings is 1. The van der Waals surface area contributed by atoms with E-state index in [2.05, 4.69) is 4.98 Å². The number of amides is 1. The summed E-state index contributed by atoms with van der Waals surface area (Å²) in [7, 11) is -0.833. The van der Waals surface area contributed by atoms with Gasteiger partial charge in [0.25, 0.3) is 5.91 Å². The standard InChI is InChI=1S/C21H28N4O7S2.ClH/c1-30-16-4-3-15(13-17(16)31-2)18-14-22-20(33-18)24-7-9-25(10-8-24)34(28,29)21(19(26)23-27)5-11-32-12-6-21;/h3-4,13-14,27H,5-12H2,1-2H3,(H,23,26);1H. The lowest BCUT2D eigenvalue weighted by Gasteiger charge is -2.41. The van der Waals surface area contributed by atoms with Crippen LogP contribution in [0.4, 0.5) is 5.13 Å². The Bertz CT molecular complexity index is 1130. The predicted molar refractivity (Wildman–Crippen MR) is 133 cm³/mol. The van der Waals surface area contributed by atoms with E-state index in [-0.39, 0.29) is 51.6 Å². The number of nitrogens with zero attached hydrogens (tertiary/aromatic N) is 3. The van der Waals surface area contributed by atoms with Gasteiger partial charge < -0.3 is 19.1 Å². The minimum atomic E-state index is -4.00. The lowest BCUT2D eigenvalue weighted by Crippen LogP contribution is -2.62. The van der Waals surface area contributed by atoms with Crippen LogP contribution in [0.25, 0.3) is 10.4 Å². The predicted octanol–water partition coefficient (Wildman–Crippen LogP) is 1.76. The van der Waals surface area contributed by atoms with Crippen molar-refractivity contribution in [2.24, 2.45) is 0 Å². The molecule has 0 unspecified atom stereocenters. The molecule has 14 heteroatoms. The van der Waals surface area contributed by atoms with Crippen LogP contribution < -0.4 is 19.9 Å². The molecule has 2 fully saturated rings. The fourth-order valence-corrected chi connectivity index (χ4v) is 7.37. The molecule has 2 N–H and O–H groups in total. The molecule has 2 saturated heterocycles. The topological polar surface area (TPSA) is 131 Å². The van der Waals surface area contributed by atoms with Crippen LogP contribution in [-0.2, 0) is 19.6 Å². The Morgan fingerprint density at radius 1 is 1.14 bits per heavy atom. The maximum absolute atomic E-state index is 13.5. The number of hydroxylamine groups is 1. The second-order valence-corrected chi connectivity index (χ2v) is 11.3. The third kappa shape index (κ3) is 5.06. The molecule has 4 rings (SSSR count). The summed E-state index contributed by atoms with van der Waals surface area (Å²) in [4.78, 5) is 19.9. The first kappa shape index (κ1) is 27.4. The molecule has 2 aliphatic rings. The summed E-state index contributed by atoms with van der Waals surface area (Å²) in [6, 6.07) is 5.66. The minimum Gasteiger partial charge on any atom is -0.493 e. The number of nitrogens with one attached hydrogen (secondary N) is 1. The molecule has 3 heterocycles. The van der Waals surface area contributed by atoms with Gasteiger partial charge >= 0.3 is 0 Å². The first-order chi connectivity index (χ1) is 16.4. The number of aromatic nitrogens is 1. The van der Waals surface area contributed by atoms with E-state index in [1.165, 1.54) is 15.6 Å². The molecule has 11 nitrogen and oxygen atoms in total. The number of piperazine rings is 1. The Morgan fingerprint density at radius 3 is 2.40 bits per heavy atom. The van der Waals surface area contributed by atoms with E-state index in [0.29, 0.717) is 24.6 Å². The molecule has 0 atom stereocenters. The van der Waals surface area contributed by atoms with E-state index < -0.39 is 20.7 Å². The highest BCUT2D eigenvalue weighted by Gasteiger charge is 2.54. The molecule has 0 spiro atoms. The largest absolute Gasteiger partial charge is 0.493 e. The van der Waals surface area contributed by atoms with E-state index in [9.17, 15) is 18.4 Å². The number of ether oxygens (including phenoxy) is 3. The van der Waals surface area contributed by atoms with Crippen LogP contribution in [0.1, 0.15) is 12.8 Å². The molecule has 194 valence electrons. The molecule has 1 amide bonds. The van der Waals surface area contributed by atoms with Crippen LogP contribution in [0.15, 0.2) is 24.4 Å². The van der Waals surface area contributed by atoms with Crippen molar-refractivity contribution >= 4 is 44.8 Å². The first-order valence-corrected chi connectivity index (χ1v) is 13.1. The van der Waals surface area contributed by atoms with Gasteiger partial charge in [-0.05, 0) is 23.8 Å². The minimum absolute atomic E-state index is 0.